The molecule has 1 atom stereocenters. The van der Waals surface area contributed by atoms with Crippen molar-refractivity contribution in [3.63, 3.8) is 0 Å². The number of hydrogen-bond donors (Lipinski definition) is 2. The van der Waals surface area contributed by atoms with E-state index in [0.29, 0.717) is 6.54 Å². The zero-order valence-corrected chi connectivity index (χ0v) is 16.3. The molecular weight excluding hydrogens is 300 g/mol. The van der Waals surface area contributed by atoms with Crippen LogP contribution in [0.2, 0.25) is 0 Å². The van der Waals surface area contributed by atoms with Gasteiger partial charge in [-0.1, -0.05) is 32.0 Å². The third-order valence-electron chi connectivity index (χ3n) is 3.68. The number of aliphatic imine (C=N–C) groups is 1. The van der Waals surface area contributed by atoms with E-state index >= 15 is 0 Å². The summed E-state index contributed by atoms with van der Waals surface area (Å²) in [5, 5.41) is 6.74. The molecular formula is C19H34N4O. The first-order chi connectivity index (χ1) is 11.2. The highest BCUT2D eigenvalue weighted by Crippen LogP contribution is 2.17. The molecule has 1 aromatic carbocycles. The molecule has 5 nitrogen and oxygen atoms in total. The molecule has 0 aliphatic rings. The van der Waals surface area contributed by atoms with E-state index in [1.165, 1.54) is 0 Å². The van der Waals surface area contributed by atoms with E-state index in [1.807, 2.05) is 18.2 Å². The van der Waals surface area contributed by atoms with Gasteiger partial charge in [0.25, 0.3) is 0 Å². The van der Waals surface area contributed by atoms with Crippen LogP contribution >= 0.6 is 0 Å². The van der Waals surface area contributed by atoms with E-state index < -0.39 is 0 Å². The minimum atomic E-state index is 0.0550. The highest BCUT2D eigenvalue weighted by atomic mass is 16.5. The molecule has 1 rings (SSSR count). The smallest absolute Gasteiger partial charge is 0.191 e. The highest BCUT2D eigenvalue weighted by Gasteiger charge is 2.19. The number of ether oxygens (including phenoxy) is 1. The number of aryl methyl sites for hydroxylation is 1. The largest absolute Gasteiger partial charge is 0.489 e. The summed E-state index contributed by atoms with van der Waals surface area (Å²) >= 11 is 0. The first-order valence-corrected chi connectivity index (χ1v) is 8.55. The zero-order chi connectivity index (χ0) is 18.2. The Bertz CT molecular complexity index is 526. The van der Waals surface area contributed by atoms with E-state index in [-0.39, 0.29) is 11.5 Å². The molecule has 136 valence electrons. The Hall–Kier alpha value is -1.75. The second kappa shape index (κ2) is 9.52. The van der Waals surface area contributed by atoms with Crippen LogP contribution in [0, 0.1) is 12.3 Å². The summed E-state index contributed by atoms with van der Waals surface area (Å²) in [7, 11) is 5.99. The molecule has 0 saturated heterocycles. The first kappa shape index (κ1) is 20.3. The van der Waals surface area contributed by atoms with Crippen molar-refractivity contribution in [3.05, 3.63) is 29.8 Å². The van der Waals surface area contributed by atoms with Crippen LogP contribution in [0.5, 0.6) is 5.75 Å². The molecule has 0 aliphatic carbocycles. The van der Waals surface area contributed by atoms with E-state index in [0.717, 1.165) is 30.4 Å². The Morgan fingerprint density at radius 2 is 1.92 bits per heavy atom. The topological polar surface area (TPSA) is 48.9 Å². The van der Waals surface area contributed by atoms with Crippen LogP contribution in [0.4, 0.5) is 0 Å². The van der Waals surface area contributed by atoms with Crippen LogP contribution in [0.1, 0.15) is 26.3 Å². The molecule has 0 saturated carbocycles. The quantitative estimate of drug-likeness (QED) is 0.566. The van der Waals surface area contributed by atoms with Gasteiger partial charge < -0.3 is 20.3 Å². The molecule has 0 heterocycles. The van der Waals surface area contributed by atoms with Gasteiger partial charge in [-0.05, 0) is 45.0 Å². The maximum absolute atomic E-state index is 5.99. The van der Waals surface area contributed by atoms with Crippen LogP contribution in [-0.4, -0.2) is 57.7 Å². The fourth-order valence-electron chi connectivity index (χ4n) is 2.64. The van der Waals surface area contributed by atoms with Crippen molar-refractivity contribution in [3.8, 4) is 5.75 Å². The van der Waals surface area contributed by atoms with Crippen LogP contribution in [0.25, 0.3) is 0 Å². The van der Waals surface area contributed by atoms with Crippen molar-refractivity contribution in [2.75, 3.05) is 40.8 Å². The minimum absolute atomic E-state index is 0.0550. The van der Waals surface area contributed by atoms with E-state index in [9.17, 15) is 0 Å². The lowest BCUT2D eigenvalue weighted by Gasteiger charge is -2.29. The second-order valence-corrected chi connectivity index (χ2v) is 7.40. The first-order valence-electron chi connectivity index (χ1n) is 8.55. The number of rotatable bonds is 8. The van der Waals surface area contributed by atoms with Crippen molar-refractivity contribution in [2.24, 2.45) is 10.4 Å². The number of hydrogen-bond acceptors (Lipinski definition) is 3. The summed E-state index contributed by atoms with van der Waals surface area (Å²) in [5.41, 5.74) is 1.32. The molecule has 1 unspecified atom stereocenters. The maximum atomic E-state index is 5.99. The van der Waals surface area contributed by atoms with Crippen molar-refractivity contribution >= 4 is 5.96 Å². The summed E-state index contributed by atoms with van der Waals surface area (Å²) in [4.78, 5) is 6.50. The summed E-state index contributed by atoms with van der Waals surface area (Å²) in [6, 6.07) is 8.08. The molecule has 24 heavy (non-hydrogen) atoms. The van der Waals surface area contributed by atoms with Gasteiger partial charge in [-0.3, -0.25) is 4.99 Å². The molecule has 0 aliphatic heterocycles. The van der Waals surface area contributed by atoms with Gasteiger partial charge in [-0.15, -0.1) is 0 Å². The average molecular weight is 335 g/mol. The van der Waals surface area contributed by atoms with Gasteiger partial charge in [0.2, 0.25) is 0 Å². The lowest BCUT2D eigenvalue weighted by Crippen LogP contribution is -2.46. The molecule has 0 fully saturated rings. The third kappa shape index (κ3) is 7.68. The van der Waals surface area contributed by atoms with Crippen molar-refractivity contribution in [1.29, 1.82) is 0 Å². The van der Waals surface area contributed by atoms with Crippen molar-refractivity contribution in [1.82, 2.24) is 15.5 Å². The van der Waals surface area contributed by atoms with E-state index in [1.54, 1.807) is 7.05 Å². The second-order valence-electron chi connectivity index (χ2n) is 7.40. The molecule has 0 spiro atoms. The van der Waals surface area contributed by atoms with E-state index in [4.69, 9.17) is 4.74 Å². The molecule has 5 heteroatoms. The fourth-order valence-corrected chi connectivity index (χ4v) is 2.64. The summed E-state index contributed by atoms with van der Waals surface area (Å²) in [5.74, 6) is 1.74. The van der Waals surface area contributed by atoms with Crippen molar-refractivity contribution < 1.29 is 4.74 Å². The molecule has 0 aromatic heterocycles. The van der Waals surface area contributed by atoms with Gasteiger partial charge in [0.05, 0.1) is 6.54 Å². The molecule has 2 N–H and O–H groups in total. The van der Waals surface area contributed by atoms with E-state index in [2.05, 4.69) is 68.4 Å². The van der Waals surface area contributed by atoms with Crippen LogP contribution in [0.15, 0.2) is 29.3 Å². The predicted molar refractivity (Wildman–Crippen MR) is 103 cm³/mol. The predicted octanol–water partition coefficient (Wildman–Crippen LogP) is 2.52. The van der Waals surface area contributed by atoms with Crippen LogP contribution in [-0.2, 0) is 0 Å². The molecule has 1 aromatic rings. The Kier molecular flexibility index (Phi) is 8.05. The number of nitrogens with zero attached hydrogens (tertiary/aromatic N) is 2. The average Bonchev–Trinajstić information content (AvgIpc) is 2.48. The van der Waals surface area contributed by atoms with Crippen molar-refractivity contribution in [2.45, 2.75) is 33.8 Å². The number of guanidine groups is 1. The Morgan fingerprint density at radius 1 is 1.25 bits per heavy atom. The third-order valence-corrected chi connectivity index (χ3v) is 3.68. The highest BCUT2D eigenvalue weighted by molar-refractivity contribution is 5.79. The van der Waals surface area contributed by atoms with Gasteiger partial charge in [0, 0.05) is 20.1 Å². The van der Waals surface area contributed by atoms with Gasteiger partial charge in [-0.25, -0.2) is 0 Å². The lowest BCUT2D eigenvalue weighted by molar-refractivity contribution is 0.221. The summed E-state index contributed by atoms with van der Waals surface area (Å²) < 4.78 is 5.99. The van der Waals surface area contributed by atoms with Gasteiger partial charge >= 0.3 is 0 Å². The van der Waals surface area contributed by atoms with Crippen LogP contribution in [0.3, 0.4) is 0 Å². The molecule has 0 bridgehead atoms. The number of nitrogens with one attached hydrogen (secondary N) is 2. The Morgan fingerprint density at radius 3 is 2.50 bits per heavy atom. The maximum Gasteiger partial charge on any atom is 0.191 e. The number of para-hydroxylation sites is 1. The summed E-state index contributed by atoms with van der Waals surface area (Å²) in [6.45, 7) is 11.2. The fraction of sp³-hybridized carbons (Fsp3) is 0.632. The summed E-state index contributed by atoms with van der Waals surface area (Å²) in [6.07, 6.45) is 0.0550. The van der Waals surface area contributed by atoms with Gasteiger partial charge in [-0.2, -0.15) is 0 Å². The minimum Gasteiger partial charge on any atom is -0.489 e. The number of benzene rings is 1. The van der Waals surface area contributed by atoms with Crippen LogP contribution < -0.4 is 15.4 Å². The molecule has 0 amide bonds. The Balaban J connectivity index is 2.42. The standard InChI is InChI=1S/C19H34N4O/c1-15-10-8-9-11-17(15)24-16(2)12-21-18(20-5)22-13-19(3,4)14-23(6)7/h8-11,16H,12-14H2,1-7H3,(H2,20,21,22). The Labute approximate surface area is 147 Å². The normalized spacial score (nSPS) is 13.8. The SMILES string of the molecule is CN=C(NCC(C)Oc1ccccc1C)NCC(C)(C)CN(C)C. The monoisotopic (exact) mass is 334 g/mol. The lowest BCUT2D eigenvalue weighted by atomic mass is 9.93. The van der Waals surface area contributed by atoms with Gasteiger partial charge in [0.1, 0.15) is 11.9 Å². The van der Waals surface area contributed by atoms with Gasteiger partial charge in [0.15, 0.2) is 5.96 Å². The zero-order valence-electron chi connectivity index (χ0n) is 16.3. The molecule has 0 radical (unpaired) electrons.